The Labute approximate surface area is 106 Å². The largest absolute Gasteiger partial charge is 0.475 e. The maximum atomic E-state index is 6.03. The van der Waals surface area contributed by atoms with Crippen LogP contribution in [0.2, 0.25) is 5.15 Å². The fourth-order valence-corrected chi connectivity index (χ4v) is 1.94. The van der Waals surface area contributed by atoms with E-state index in [1.54, 1.807) is 0 Å². The zero-order valence-electron chi connectivity index (χ0n) is 10.2. The summed E-state index contributed by atoms with van der Waals surface area (Å²) in [6.45, 7) is 5.23. The Kier molecular flexibility index (Phi) is 4.18. The van der Waals surface area contributed by atoms with Gasteiger partial charge in [-0.15, -0.1) is 0 Å². The van der Waals surface area contributed by atoms with Crippen molar-refractivity contribution in [3.63, 3.8) is 0 Å². The molecular formula is C12H17ClN2O2. The van der Waals surface area contributed by atoms with Crippen molar-refractivity contribution in [3.05, 3.63) is 16.5 Å². The number of hydrogen-bond acceptors (Lipinski definition) is 4. The Balaban J connectivity index is 2.05. The molecule has 1 fully saturated rings. The SMILES string of the molecule is CCc1nc(Cl)c(C)c(OCC2CCCO2)n1. The lowest BCUT2D eigenvalue weighted by atomic mass is 10.2. The van der Waals surface area contributed by atoms with Crippen LogP contribution in [-0.2, 0) is 11.2 Å². The summed E-state index contributed by atoms with van der Waals surface area (Å²) in [7, 11) is 0. The highest BCUT2D eigenvalue weighted by Gasteiger charge is 2.17. The fraction of sp³-hybridized carbons (Fsp3) is 0.667. The Bertz CT molecular complexity index is 392. The molecule has 1 aromatic heterocycles. The Hall–Kier alpha value is -0.870. The van der Waals surface area contributed by atoms with Gasteiger partial charge < -0.3 is 9.47 Å². The van der Waals surface area contributed by atoms with Gasteiger partial charge in [0.15, 0.2) is 0 Å². The molecule has 0 bridgehead atoms. The Morgan fingerprint density at radius 1 is 1.47 bits per heavy atom. The molecule has 17 heavy (non-hydrogen) atoms. The van der Waals surface area contributed by atoms with Crippen LogP contribution in [0.25, 0.3) is 0 Å². The minimum absolute atomic E-state index is 0.188. The quantitative estimate of drug-likeness (QED) is 0.777. The maximum absolute atomic E-state index is 6.03. The van der Waals surface area contributed by atoms with Crippen LogP contribution in [-0.4, -0.2) is 29.3 Å². The van der Waals surface area contributed by atoms with Crippen LogP contribution in [0.15, 0.2) is 0 Å². The summed E-state index contributed by atoms with van der Waals surface area (Å²) in [5.41, 5.74) is 0.793. The molecule has 1 saturated heterocycles. The van der Waals surface area contributed by atoms with Crippen LogP contribution in [0.5, 0.6) is 5.88 Å². The van der Waals surface area contributed by atoms with E-state index < -0.39 is 0 Å². The number of aryl methyl sites for hydroxylation is 1. The highest BCUT2D eigenvalue weighted by Crippen LogP contribution is 2.23. The van der Waals surface area contributed by atoms with E-state index in [2.05, 4.69) is 9.97 Å². The first-order valence-corrected chi connectivity index (χ1v) is 6.36. The highest BCUT2D eigenvalue weighted by molar-refractivity contribution is 6.30. The molecule has 2 heterocycles. The number of hydrogen-bond donors (Lipinski definition) is 0. The number of aromatic nitrogens is 2. The maximum Gasteiger partial charge on any atom is 0.221 e. The van der Waals surface area contributed by atoms with Crippen LogP contribution >= 0.6 is 11.6 Å². The predicted molar refractivity (Wildman–Crippen MR) is 65.6 cm³/mol. The summed E-state index contributed by atoms with van der Waals surface area (Å²) in [6.07, 6.45) is 3.10. The van der Waals surface area contributed by atoms with Gasteiger partial charge in [0.2, 0.25) is 5.88 Å². The van der Waals surface area contributed by atoms with Crippen molar-refractivity contribution in [3.8, 4) is 5.88 Å². The number of halogens is 1. The molecular weight excluding hydrogens is 240 g/mol. The molecule has 1 aromatic rings. The number of rotatable bonds is 4. The molecule has 0 radical (unpaired) electrons. The smallest absolute Gasteiger partial charge is 0.221 e. The average molecular weight is 257 g/mol. The summed E-state index contributed by atoms with van der Waals surface area (Å²) in [6, 6.07) is 0. The van der Waals surface area contributed by atoms with Gasteiger partial charge in [-0.2, -0.15) is 4.98 Å². The van der Waals surface area contributed by atoms with Crippen LogP contribution in [0.4, 0.5) is 0 Å². The molecule has 0 aliphatic carbocycles. The molecule has 5 heteroatoms. The third-order valence-corrected chi connectivity index (χ3v) is 3.20. The number of ether oxygens (including phenoxy) is 2. The van der Waals surface area contributed by atoms with Gasteiger partial charge in [0, 0.05) is 18.6 Å². The van der Waals surface area contributed by atoms with Crippen molar-refractivity contribution in [2.24, 2.45) is 0 Å². The van der Waals surface area contributed by atoms with Gasteiger partial charge in [-0.1, -0.05) is 18.5 Å². The highest BCUT2D eigenvalue weighted by atomic mass is 35.5. The second kappa shape index (κ2) is 5.65. The standard InChI is InChI=1S/C12H17ClN2O2/c1-3-10-14-11(13)8(2)12(15-10)17-7-9-5-4-6-16-9/h9H,3-7H2,1-2H3. The lowest BCUT2D eigenvalue weighted by molar-refractivity contribution is 0.0659. The molecule has 2 rings (SSSR count). The Morgan fingerprint density at radius 3 is 2.94 bits per heavy atom. The average Bonchev–Trinajstić information content (AvgIpc) is 2.84. The zero-order chi connectivity index (χ0) is 12.3. The molecule has 1 aliphatic heterocycles. The third-order valence-electron chi connectivity index (χ3n) is 2.83. The third kappa shape index (κ3) is 3.07. The molecule has 0 N–H and O–H groups in total. The van der Waals surface area contributed by atoms with Gasteiger partial charge in [0.25, 0.3) is 0 Å². The molecule has 1 atom stereocenters. The monoisotopic (exact) mass is 256 g/mol. The van der Waals surface area contributed by atoms with E-state index in [1.165, 1.54) is 0 Å². The first-order valence-electron chi connectivity index (χ1n) is 5.98. The molecule has 0 amide bonds. The van der Waals surface area contributed by atoms with Gasteiger partial charge in [-0.25, -0.2) is 4.98 Å². The second-order valence-corrected chi connectivity index (χ2v) is 4.52. The van der Waals surface area contributed by atoms with E-state index in [1.807, 2.05) is 13.8 Å². The van der Waals surface area contributed by atoms with Gasteiger partial charge in [0.1, 0.15) is 17.6 Å². The summed E-state index contributed by atoms with van der Waals surface area (Å²) in [5, 5.41) is 0.471. The van der Waals surface area contributed by atoms with Crippen molar-refractivity contribution in [2.45, 2.75) is 39.2 Å². The van der Waals surface area contributed by atoms with E-state index in [0.717, 1.165) is 31.4 Å². The van der Waals surface area contributed by atoms with Crippen molar-refractivity contribution in [1.29, 1.82) is 0 Å². The van der Waals surface area contributed by atoms with E-state index in [4.69, 9.17) is 21.1 Å². The topological polar surface area (TPSA) is 44.2 Å². The van der Waals surface area contributed by atoms with E-state index in [9.17, 15) is 0 Å². The fourth-order valence-electron chi connectivity index (χ4n) is 1.76. The molecule has 0 aromatic carbocycles. The minimum atomic E-state index is 0.188. The van der Waals surface area contributed by atoms with Crippen molar-refractivity contribution >= 4 is 11.6 Å². The van der Waals surface area contributed by atoms with Gasteiger partial charge in [-0.05, 0) is 19.8 Å². The van der Waals surface area contributed by atoms with Gasteiger partial charge >= 0.3 is 0 Å². The van der Waals surface area contributed by atoms with Crippen LogP contribution in [0.1, 0.15) is 31.2 Å². The summed E-state index contributed by atoms with van der Waals surface area (Å²) < 4.78 is 11.2. The van der Waals surface area contributed by atoms with Crippen LogP contribution < -0.4 is 4.74 Å². The molecule has 1 aliphatic rings. The predicted octanol–water partition coefficient (Wildman–Crippen LogP) is 2.56. The summed E-state index contributed by atoms with van der Waals surface area (Å²) in [4.78, 5) is 8.51. The van der Waals surface area contributed by atoms with E-state index in [-0.39, 0.29) is 6.10 Å². The first kappa shape index (κ1) is 12.6. The van der Waals surface area contributed by atoms with Crippen LogP contribution in [0, 0.1) is 6.92 Å². The summed E-state index contributed by atoms with van der Waals surface area (Å²) >= 11 is 6.03. The molecule has 0 saturated carbocycles. The second-order valence-electron chi connectivity index (χ2n) is 4.16. The molecule has 0 spiro atoms. The normalized spacial score (nSPS) is 19.6. The summed E-state index contributed by atoms with van der Waals surface area (Å²) in [5.74, 6) is 1.29. The molecule has 4 nitrogen and oxygen atoms in total. The lowest BCUT2D eigenvalue weighted by Crippen LogP contribution is -2.17. The zero-order valence-corrected chi connectivity index (χ0v) is 11.0. The van der Waals surface area contributed by atoms with Crippen LogP contribution in [0.3, 0.4) is 0 Å². The van der Waals surface area contributed by atoms with Gasteiger partial charge in [0.05, 0.1) is 6.10 Å². The first-order chi connectivity index (χ1) is 8.20. The molecule has 1 unspecified atom stereocenters. The minimum Gasteiger partial charge on any atom is -0.475 e. The Morgan fingerprint density at radius 2 is 2.29 bits per heavy atom. The van der Waals surface area contributed by atoms with Crippen molar-refractivity contribution in [2.75, 3.05) is 13.2 Å². The van der Waals surface area contributed by atoms with Gasteiger partial charge in [-0.3, -0.25) is 0 Å². The van der Waals surface area contributed by atoms with Crippen molar-refractivity contribution < 1.29 is 9.47 Å². The van der Waals surface area contributed by atoms with E-state index in [0.29, 0.717) is 23.5 Å². The van der Waals surface area contributed by atoms with E-state index >= 15 is 0 Å². The number of nitrogens with zero attached hydrogens (tertiary/aromatic N) is 2. The molecule has 94 valence electrons. The lowest BCUT2D eigenvalue weighted by Gasteiger charge is -2.13. The van der Waals surface area contributed by atoms with Crippen molar-refractivity contribution in [1.82, 2.24) is 9.97 Å².